The Morgan fingerprint density at radius 2 is 0.750 bits per heavy atom. The first-order valence-electron chi connectivity index (χ1n) is 14.6. The highest BCUT2D eigenvalue weighted by molar-refractivity contribution is 5.08. The van der Waals surface area contributed by atoms with Crippen molar-refractivity contribution in [1.82, 2.24) is 0 Å². The minimum absolute atomic E-state index is 1.17. The molecule has 0 aromatic carbocycles. The third-order valence-electron chi connectivity index (χ3n) is 6.16. The maximum absolute atomic E-state index is 3.60. The summed E-state index contributed by atoms with van der Waals surface area (Å²) in [4.78, 5) is 0. The van der Waals surface area contributed by atoms with Gasteiger partial charge in [0.2, 0.25) is 0 Å². The highest BCUT2D eigenvalue weighted by Gasteiger charge is 1.94. The van der Waals surface area contributed by atoms with E-state index in [1.807, 2.05) is 6.08 Å². The van der Waals surface area contributed by atoms with E-state index < -0.39 is 0 Å². The number of unbranched alkanes of at least 4 members (excludes halogenated alkanes) is 3. The van der Waals surface area contributed by atoms with Crippen molar-refractivity contribution in [3.63, 3.8) is 0 Å². The highest BCUT2D eigenvalue weighted by Crippen LogP contribution is 2.14. The van der Waals surface area contributed by atoms with E-state index >= 15 is 0 Å². The lowest BCUT2D eigenvalue weighted by Gasteiger charge is -2.02. The lowest BCUT2D eigenvalue weighted by Crippen LogP contribution is -1.82. The van der Waals surface area contributed by atoms with Crippen molar-refractivity contribution in [2.45, 2.75) is 146 Å². The topological polar surface area (TPSA) is 0 Å². The molecule has 0 aromatic heterocycles. The zero-order valence-corrected chi connectivity index (χ0v) is 25.9. The monoisotopic (exact) mass is 494 g/mol. The van der Waals surface area contributed by atoms with E-state index in [0.717, 1.165) is 0 Å². The molecule has 0 aliphatic rings. The second-order valence-electron chi connectivity index (χ2n) is 10.9. The number of allylic oxidation sites excluding steroid dienone is 13. The quantitative estimate of drug-likeness (QED) is 0.131. The highest BCUT2D eigenvalue weighted by atomic mass is 14.0. The summed E-state index contributed by atoms with van der Waals surface area (Å²) >= 11 is 0. The number of hydrogen-bond donors (Lipinski definition) is 0. The van der Waals surface area contributed by atoms with Crippen molar-refractivity contribution in [1.29, 1.82) is 0 Å². The smallest absolute Gasteiger partial charge is 0.0288 e. The van der Waals surface area contributed by atoms with Gasteiger partial charge in [-0.1, -0.05) is 95.7 Å². The Hall–Kier alpha value is -1.82. The first kappa shape index (κ1) is 36.3. The number of rotatable bonds is 18. The standard InChI is InChI=1S/C30H50.C6H12/c1-25(2)15-11-19-29(7)23-13-21-27(5)17-9-10-18-28(6)22-14-24-30(8)20-12-16-26(3)4;1-3-5-6-4-2/h15-18,23-24H,9-14,19-22H2,1-8H3;3H,1,4-6H2,2H3/b27-17+,28-18+,29-23-,30-24+;. The molecule has 0 rings (SSSR count). The van der Waals surface area contributed by atoms with Gasteiger partial charge < -0.3 is 0 Å². The van der Waals surface area contributed by atoms with E-state index in [0.29, 0.717) is 0 Å². The molecular formula is C36H62. The van der Waals surface area contributed by atoms with Gasteiger partial charge in [-0.3, -0.25) is 0 Å². The van der Waals surface area contributed by atoms with E-state index in [1.165, 1.54) is 117 Å². The summed E-state index contributed by atoms with van der Waals surface area (Å²) in [6.45, 7) is 23.6. The summed E-state index contributed by atoms with van der Waals surface area (Å²) in [7, 11) is 0. The van der Waals surface area contributed by atoms with Crippen LogP contribution in [0.3, 0.4) is 0 Å². The maximum Gasteiger partial charge on any atom is -0.0288 e. The molecule has 0 heterocycles. The molecular weight excluding hydrogens is 432 g/mol. The van der Waals surface area contributed by atoms with E-state index in [9.17, 15) is 0 Å². The molecule has 0 radical (unpaired) electrons. The van der Waals surface area contributed by atoms with Crippen molar-refractivity contribution >= 4 is 0 Å². The molecule has 0 aliphatic carbocycles. The molecule has 0 amide bonds. The lowest BCUT2D eigenvalue weighted by molar-refractivity contribution is 0.816. The molecule has 0 atom stereocenters. The van der Waals surface area contributed by atoms with Crippen LogP contribution in [0.1, 0.15) is 146 Å². The van der Waals surface area contributed by atoms with Crippen molar-refractivity contribution in [3.8, 4) is 0 Å². The molecule has 0 bridgehead atoms. The van der Waals surface area contributed by atoms with Gasteiger partial charge in [-0.2, -0.15) is 0 Å². The van der Waals surface area contributed by atoms with Gasteiger partial charge in [0.05, 0.1) is 0 Å². The minimum atomic E-state index is 1.17. The van der Waals surface area contributed by atoms with Gasteiger partial charge >= 0.3 is 0 Å². The molecule has 0 heteroatoms. The fourth-order valence-electron chi connectivity index (χ4n) is 3.69. The Labute approximate surface area is 228 Å². The first-order valence-corrected chi connectivity index (χ1v) is 14.6. The Morgan fingerprint density at radius 3 is 1.00 bits per heavy atom. The molecule has 0 fully saturated rings. The van der Waals surface area contributed by atoms with Crippen LogP contribution >= 0.6 is 0 Å². The van der Waals surface area contributed by atoms with Gasteiger partial charge in [0.1, 0.15) is 0 Å². The largest absolute Gasteiger partial charge is 0.103 e. The summed E-state index contributed by atoms with van der Waals surface area (Å²) in [5.41, 5.74) is 8.97. The zero-order chi connectivity index (χ0) is 27.6. The van der Waals surface area contributed by atoms with Crippen LogP contribution in [0.2, 0.25) is 0 Å². The Kier molecular flexibility index (Phi) is 26.5. The minimum Gasteiger partial charge on any atom is -0.103 e. The van der Waals surface area contributed by atoms with Gasteiger partial charge in [-0.15, -0.1) is 6.58 Å². The number of hydrogen-bond acceptors (Lipinski definition) is 0. The summed E-state index contributed by atoms with van der Waals surface area (Å²) in [5, 5.41) is 0. The SMILES string of the molecule is C=CCCCC.CC(C)=CCC/C(C)=C\CC/C(C)=C/CC/C=C(\C)CC/C=C(\C)CCC=C(C)C. The van der Waals surface area contributed by atoms with Crippen LogP contribution in [0, 0.1) is 0 Å². The van der Waals surface area contributed by atoms with Gasteiger partial charge in [0.25, 0.3) is 0 Å². The van der Waals surface area contributed by atoms with E-state index in [2.05, 4.69) is 105 Å². The van der Waals surface area contributed by atoms with E-state index in [-0.39, 0.29) is 0 Å². The Morgan fingerprint density at radius 1 is 0.444 bits per heavy atom. The molecule has 36 heavy (non-hydrogen) atoms. The van der Waals surface area contributed by atoms with E-state index in [4.69, 9.17) is 0 Å². The first-order chi connectivity index (χ1) is 17.1. The van der Waals surface area contributed by atoms with Crippen LogP contribution in [0.25, 0.3) is 0 Å². The summed E-state index contributed by atoms with van der Waals surface area (Å²) < 4.78 is 0. The molecule has 0 nitrogen and oxygen atoms in total. The molecule has 206 valence electrons. The third kappa shape index (κ3) is 30.2. The van der Waals surface area contributed by atoms with Crippen LogP contribution in [0.5, 0.6) is 0 Å². The summed E-state index contributed by atoms with van der Waals surface area (Å²) in [6, 6.07) is 0. The molecule has 0 saturated carbocycles. The van der Waals surface area contributed by atoms with Gasteiger partial charge in [-0.25, -0.2) is 0 Å². The normalized spacial score (nSPS) is 12.6. The third-order valence-corrected chi connectivity index (χ3v) is 6.16. The van der Waals surface area contributed by atoms with E-state index in [1.54, 1.807) is 0 Å². The maximum atomic E-state index is 3.60. The van der Waals surface area contributed by atoms with Crippen molar-refractivity contribution < 1.29 is 0 Å². The van der Waals surface area contributed by atoms with Crippen molar-refractivity contribution in [2.75, 3.05) is 0 Å². The molecule has 0 unspecified atom stereocenters. The second-order valence-corrected chi connectivity index (χ2v) is 10.9. The fourth-order valence-corrected chi connectivity index (χ4v) is 3.69. The van der Waals surface area contributed by atoms with Crippen molar-refractivity contribution in [3.05, 3.63) is 82.5 Å². The Balaban J connectivity index is 0. The van der Waals surface area contributed by atoms with Crippen molar-refractivity contribution in [2.24, 2.45) is 0 Å². The van der Waals surface area contributed by atoms with Crippen LogP contribution in [-0.4, -0.2) is 0 Å². The predicted octanol–water partition coefficient (Wildman–Crippen LogP) is 13.0. The fraction of sp³-hybridized carbons (Fsp3) is 0.611. The van der Waals surface area contributed by atoms with Gasteiger partial charge in [0.15, 0.2) is 0 Å². The van der Waals surface area contributed by atoms with Crippen LogP contribution < -0.4 is 0 Å². The Bertz CT molecular complexity index is 664. The predicted molar refractivity (Wildman–Crippen MR) is 170 cm³/mol. The molecule has 0 aromatic rings. The van der Waals surface area contributed by atoms with Crippen LogP contribution in [0.4, 0.5) is 0 Å². The summed E-state index contributed by atoms with van der Waals surface area (Å²) in [5.74, 6) is 0. The lowest BCUT2D eigenvalue weighted by atomic mass is 10.0. The van der Waals surface area contributed by atoms with Crippen LogP contribution in [0.15, 0.2) is 82.5 Å². The van der Waals surface area contributed by atoms with Crippen LogP contribution in [-0.2, 0) is 0 Å². The van der Waals surface area contributed by atoms with Gasteiger partial charge in [-0.05, 0) is 126 Å². The molecule has 0 aliphatic heterocycles. The zero-order valence-electron chi connectivity index (χ0n) is 25.9. The average Bonchev–Trinajstić information content (AvgIpc) is 2.80. The average molecular weight is 495 g/mol. The molecule has 0 spiro atoms. The summed E-state index contributed by atoms with van der Waals surface area (Å²) in [6.07, 6.45) is 31.9. The molecule has 0 saturated heterocycles. The van der Waals surface area contributed by atoms with Gasteiger partial charge in [0, 0.05) is 0 Å². The molecule has 0 N–H and O–H groups in total. The second kappa shape index (κ2) is 26.2.